The Morgan fingerprint density at radius 1 is 1.22 bits per heavy atom. The molecule has 0 radical (unpaired) electrons. The van der Waals surface area contributed by atoms with Gasteiger partial charge < -0.3 is 10.4 Å². The summed E-state index contributed by atoms with van der Waals surface area (Å²) in [5.41, 5.74) is 1.35. The van der Waals surface area contributed by atoms with E-state index < -0.39 is 0 Å². The Hall–Kier alpha value is -0.510. The molecular formula is C15H25NOS. The van der Waals surface area contributed by atoms with E-state index in [0.29, 0.717) is 12.6 Å². The molecule has 0 bridgehead atoms. The van der Waals surface area contributed by atoms with Gasteiger partial charge >= 0.3 is 0 Å². The van der Waals surface area contributed by atoms with Gasteiger partial charge in [-0.1, -0.05) is 25.0 Å². The van der Waals surface area contributed by atoms with Gasteiger partial charge in [0, 0.05) is 17.5 Å². The van der Waals surface area contributed by atoms with Gasteiger partial charge in [-0.05, 0) is 50.3 Å². The van der Waals surface area contributed by atoms with E-state index in [9.17, 15) is 0 Å². The lowest BCUT2D eigenvalue weighted by Gasteiger charge is -2.11. The Kier molecular flexibility index (Phi) is 8.14. The molecular weight excluding hydrogens is 242 g/mol. The van der Waals surface area contributed by atoms with Crippen molar-refractivity contribution in [1.82, 2.24) is 5.32 Å². The zero-order valence-corrected chi connectivity index (χ0v) is 12.3. The Bertz CT molecular complexity index is 330. The van der Waals surface area contributed by atoms with Gasteiger partial charge in [0.25, 0.3) is 0 Å². The second kappa shape index (κ2) is 9.42. The van der Waals surface area contributed by atoms with Crippen LogP contribution in [0.3, 0.4) is 0 Å². The van der Waals surface area contributed by atoms with Crippen LogP contribution in [-0.2, 0) is 0 Å². The summed E-state index contributed by atoms with van der Waals surface area (Å²) in [5, 5.41) is 12.0. The van der Waals surface area contributed by atoms with Crippen LogP contribution in [0.4, 0.5) is 0 Å². The minimum atomic E-state index is 0.330. The van der Waals surface area contributed by atoms with Crippen molar-refractivity contribution in [1.29, 1.82) is 0 Å². The van der Waals surface area contributed by atoms with Crippen molar-refractivity contribution in [3.63, 3.8) is 0 Å². The third-order valence-electron chi connectivity index (χ3n) is 3.11. The molecule has 0 saturated carbocycles. The number of unbranched alkanes of at least 4 members (excludes halogenated alkanes) is 3. The van der Waals surface area contributed by atoms with Crippen molar-refractivity contribution >= 4 is 11.8 Å². The van der Waals surface area contributed by atoms with Gasteiger partial charge in [0.2, 0.25) is 0 Å². The van der Waals surface area contributed by atoms with Crippen LogP contribution in [0.5, 0.6) is 0 Å². The summed E-state index contributed by atoms with van der Waals surface area (Å²) in [6.45, 7) is 2.51. The monoisotopic (exact) mass is 267 g/mol. The first kappa shape index (κ1) is 15.5. The van der Waals surface area contributed by atoms with Crippen LogP contribution < -0.4 is 5.32 Å². The van der Waals surface area contributed by atoms with Crippen LogP contribution in [0, 0.1) is 0 Å². The van der Waals surface area contributed by atoms with Gasteiger partial charge in [-0.15, -0.1) is 11.8 Å². The maximum atomic E-state index is 8.70. The van der Waals surface area contributed by atoms with E-state index in [1.165, 1.54) is 29.1 Å². The van der Waals surface area contributed by atoms with Crippen molar-refractivity contribution in [3.8, 4) is 0 Å². The maximum absolute atomic E-state index is 8.70. The zero-order valence-electron chi connectivity index (χ0n) is 11.5. The molecule has 18 heavy (non-hydrogen) atoms. The molecule has 1 unspecified atom stereocenters. The minimum absolute atomic E-state index is 0.330. The van der Waals surface area contributed by atoms with Crippen LogP contribution in [0.2, 0.25) is 0 Å². The first-order valence-corrected chi connectivity index (χ1v) is 7.77. The number of nitrogens with one attached hydrogen (secondary N) is 1. The summed E-state index contributed by atoms with van der Waals surface area (Å²) in [6.07, 6.45) is 4.55. The fourth-order valence-corrected chi connectivity index (χ4v) is 2.78. The molecule has 0 fully saturated rings. The van der Waals surface area contributed by atoms with Gasteiger partial charge in [0.1, 0.15) is 0 Å². The Morgan fingerprint density at radius 3 is 2.72 bits per heavy atom. The normalized spacial score (nSPS) is 12.6. The van der Waals surface area contributed by atoms with Crippen molar-refractivity contribution in [2.75, 3.05) is 19.4 Å². The summed E-state index contributed by atoms with van der Waals surface area (Å²) >= 11 is 1.93. The van der Waals surface area contributed by atoms with Crippen LogP contribution in [0.25, 0.3) is 0 Å². The van der Waals surface area contributed by atoms with Crippen molar-refractivity contribution < 1.29 is 5.11 Å². The molecule has 0 aromatic heterocycles. The molecule has 0 aliphatic heterocycles. The summed E-state index contributed by atoms with van der Waals surface area (Å²) in [6, 6.07) is 9.18. The lowest BCUT2D eigenvalue weighted by atomic mass is 10.1. The molecule has 1 aromatic carbocycles. The van der Waals surface area contributed by atoms with Crippen LogP contribution >= 0.6 is 11.8 Å². The number of aliphatic hydroxyl groups excluding tert-OH is 1. The Labute approximate surface area is 115 Å². The quantitative estimate of drug-likeness (QED) is 0.529. The van der Waals surface area contributed by atoms with Gasteiger partial charge in [-0.25, -0.2) is 0 Å². The van der Waals surface area contributed by atoms with Gasteiger partial charge in [-0.2, -0.15) is 0 Å². The highest BCUT2D eigenvalue weighted by Crippen LogP contribution is 2.23. The van der Waals surface area contributed by atoms with Crippen molar-refractivity contribution in [3.05, 3.63) is 29.8 Å². The first-order valence-electron chi connectivity index (χ1n) is 6.79. The summed E-state index contributed by atoms with van der Waals surface area (Å²) in [5.74, 6) is 1.17. The average molecular weight is 267 g/mol. The number of benzene rings is 1. The lowest BCUT2D eigenvalue weighted by Crippen LogP contribution is -2.11. The molecule has 1 atom stereocenters. The lowest BCUT2D eigenvalue weighted by molar-refractivity contribution is 0.283. The highest BCUT2D eigenvalue weighted by Gasteiger charge is 2.03. The molecule has 0 heterocycles. The first-order chi connectivity index (χ1) is 8.77. The van der Waals surface area contributed by atoms with E-state index in [4.69, 9.17) is 5.11 Å². The third-order valence-corrected chi connectivity index (χ3v) is 4.19. The van der Waals surface area contributed by atoms with E-state index >= 15 is 0 Å². The summed E-state index contributed by atoms with van der Waals surface area (Å²) < 4.78 is 0. The Morgan fingerprint density at radius 2 is 2.00 bits per heavy atom. The highest BCUT2D eigenvalue weighted by molar-refractivity contribution is 7.99. The molecule has 0 saturated heterocycles. The molecule has 0 aliphatic rings. The predicted octanol–water partition coefficient (Wildman–Crippen LogP) is 3.61. The predicted molar refractivity (Wildman–Crippen MR) is 80.2 cm³/mol. The third kappa shape index (κ3) is 5.89. The minimum Gasteiger partial charge on any atom is -0.396 e. The van der Waals surface area contributed by atoms with Crippen LogP contribution in [0.1, 0.15) is 44.2 Å². The number of rotatable bonds is 9. The summed E-state index contributed by atoms with van der Waals surface area (Å²) in [4.78, 5) is 1.36. The fourth-order valence-electron chi connectivity index (χ4n) is 1.80. The van der Waals surface area contributed by atoms with Gasteiger partial charge in [0.15, 0.2) is 0 Å². The molecule has 2 nitrogen and oxygen atoms in total. The highest BCUT2D eigenvalue weighted by atomic mass is 32.2. The van der Waals surface area contributed by atoms with E-state index in [1.54, 1.807) is 0 Å². The molecule has 0 aliphatic carbocycles. The smallest absolute Gasteiger partial charge is 0.0431 e. The molecule has 0 amide bonds. The SMILES string of the molecule is CNC(C)c1cccc(SCCCCCCO)c1. The molecule has 1 rings (SSSR count). The zero-order chi connectivity index (χ0) is 13.2. The van der Waals surface area contributed by atoms with Crippen LogP contribution in [-0.4, -0.2) is 24.5 Å². The second-order valence-electron chi connectivity index (χ2n) is 4.57. The van der Waals surface area contributed by atoms with E-state index in [-0.39, 0.29) is 0 Å². The number of thioether (sulfide) groups is 1. The molecule has 102 valence electrons. The second-order valence-corrected chi connectivity index (χ2v) is 5.74. The average Bonchev–Trinajstić information content (AvgIpc) is 2.42. The standard InChI is InChI=1S/C15H25NOS/c1-13(16-2)14-8-7-9-15(12-14)18-11-6-4-3-5-10-17/h7-9,12-13,16-17H,3-6,10-11H2,1-2H3. The molecule has 0 spiro atoms. The van der Waals surface area contributed by atoms with E-state index in [0.717, 1.165) is 12.8 Å². The van der Waals surface area contributed by atoms with Crippen molar-refractivity contribution in [2.24, 2.45) is 0 Å². The van der Waals surface area contributed by atoms with Gasteiger partial charge in [0.05, 0.1) is 0 Å². The fraction of sp³-hybridized carbons (Fsp3) is 0.600. The molecule has 2 N–H and O–H groups in total. The number of hydrogen-bond donors (Lipinski definition) is 2. The Balaban J connectivity index is 2.29. The number of aliphatic hydroxyl groups is 1. The topological polar surface area (TPSA) is 32.3 Å². The van der Waals surface area contributed by atoms with Gasteiger partial charge in [-0.3, -0.25) is 0 Å². The maximum Gasteiger partial charge on any atom is 0.0431 e. The molecule has 1 aromatic rings. The molecule has 3 heteroatoms. The van der Waals surface area contributed by atoms with Crippen molar-refractivity contribution in [2.45, 2.75) is 43.5 Å². The van der Waals surface area contributed by atoms with E-state index in [2.05, 4.69) is 36.5 Å². The summed E-state index contributed by atoms with van der Waals surface area (Å²) in [7, 11) is 1.99. The van der Waals surface area contributed by atoms with E-state index in [1.807, 2.05) is 18.8 Å². The number of hydrogen-bond acceptors (Lipinski definition) is 3. The largest absolute Gasteiger partial charge is 0.396 e. The van der Waals surface area contributed by atoms with Crippen LogP contribution in [0.15, 0.2) is 29.2 Å².